The normalized spacial score (nSPS) is 14.9. The van der Waals surface area contributed by atoms with Crippen LogP contribution < -0.4 is 0 Å². The van der Waals surface area contributed by atoms with Crippen LogP contribution in [0.25, 0.3) is 0 Å². The maximum Gasteiger partial charge on any atom is 0.0950 e. The summed E-state index contributed by atoms with van der Waals surface area (Å²) in [5.74, 6) is 0. The quantitative estimate of drug-likeness (QED) is 0.758. The van der Waals surface area contributed by atoms with Gasteiger partial charge in [0.25, 0.3) is 0 Å². The van der Waals surface area contributed by atoms with E-state index in [1.165, 1.54) is 11.1 Å². The lowest BCUT2D eigenvalue weighted by Gasteiger charge is -2.12. The molecule has 0 unspecified atom stereocenters. The van der Waals surface area contributed by atoms with Crippen LogP contribution in [0, 0.1) is 11.3 Å². The number of aryl methyl sites for hydroxylation is 1. The topological polar surface area (TPSA) is 23.8 Å². The average molecular weight is 221 g/mol. The van der Waals surface area contributed by atoms with Crippen molar-refractivity contribution in [1.82, 2.24) is 0 Å². The third-order valence-electron chi connectivity index (χ3n) is 3.00. The molecule has 0 saturated heterocycles. The maximum atomic E-state index is 8.81. The number of hydrogen-bond donors (Lipinski definition) is 0. The molecule has 0 heterocycles. The van der Waals surface area contributed by atoms with Crippen molar-refractivity contribution in [2.75, 3.05) is 0 Å². The van der Waals surface area contributed by atoms with Crippen LogP contribution in [0.4, 0.5) is 0 Å². The fourth-order valence-electron chi connectivity index (χ4n) is 1.99. The van der Waals surface area contributed by atoms with Crippen molar-refractivity contribution >= 4 is 0 Å². The summed E-state index contributed by atoms with van der Waals surface area (Å²) in [5, 5.41) is 8.81. The van der Waals surface area contributed by atoms with Crippen molar-refractivity contribution in [2.45, 2.75) is 19.3 Å². The summed E-state index contributed by atoms with van der Waals surface area (Å²) in [4.78, 5) is 0. The minimum atomic E-state index is 0.750. The molecule has 1 nitrogen and oxygen atoms in total. The summed E-state index contributed by atoms with van der Waals surface area (Å²) < 4.78 is 0. The van der Waals surface area contributed by atoms with Crippen molar-refractivity contribution < 1.29 is 0 Å². The number of nitrogens with zero attached hydrogens (tertiary/aromatic N) is 1. The van der Waals surface area contributed by atoms with Crippen LogP contribution >= 0.6 is 0 Å². The zero-order valence-electron chi connectivity index (χ0n) is 9.82. The Hall–Kier alpha value is -2.07. The first-order chi connectivity index (χ1) is 8.29. The van der Waals surface area contributed by atoms with E-state index >= 15 is 0 Å². The number of benzene rings is 1. The van der Waals surface area contributed by atoms with Crippen molar-refractivity contribution in [2.24, 2.45) is 0 Å². The SMILES string of the molecule is C=C1C=C(C#N)CC=C1CCc1ccccc1. The molecule has 17 heavy (non-hydrogen) atoms. The molecule has 84 valence electrons. The lowest BCUT2D eigenvalue weighted by Crippen LogP contribution is -1.96. The first-order valence-electron chi connectivity index (χ1n) is 5.82. The molecule has 1 aliphatic rings. The molecule has 0 radical (unpaired) electrons. The lowest BCUT2D eigenvalue weighted by molar-refractivity contribution is 0.940. The third-order valence-corrected chi connectivity index (χ3v) is 3.00. The fourth-order valence-corrected chi connectivity index (χ4v) is 1.99. The second-order valence-electron chi connectivity index (χ2n) is 4.23. The van der Waals surface area contributed by atoms with Gasteiger partial charge in [-0.1, -0.05) is 43.0 Å². The molecular formula is C16H15N. The lowest BCUT2D eigenvalue weighted by atomic mass is 9.92. The highest BCUT2D eigenvalue weighted by Crippen LogP contribution is 2.24. The molecule has 2 rings (SSSR count). The molecular weight excluding hydrogens is 206 g/mol. The van der Waals surface area contributed by atoms with Gasteiger partial charge < -0.3 is 0 Å². The van der Waals surface area contributed by atoms with Gasteiger partial charge in [-0.3, -0.25) is 0 Å². The van der Waals surface area contributed by atoms with E-state index in [0.29, 0.717) is 0 Å². The Morgan fingerprint density at radius 3 is 2.59 bits per heavy atom. The van der Waals surface area contributed by atoms with E-state index in [2.05, 4.69) is 43.0 Å². The molecule has 1 aliphatic carbocycles. The van der Waals surface area contributed by atoms with Gasteiger partial charge in [-0.25, -0.2) is 0 Å². The maximum absolute atomic E-state index is 8.81. The molecule has 0 N–H and O–H groups in total. The Morgan fingerprint density at radius 1 is 1.18 bits per heavy atom. The summed E-state index contributed by atoms with van der Waals surface area (Å²) in [6.45, 7) is 4.01. The summed E-state index contributed by atoms with van der Waals surface area (Å²) in [7, 11) is 0. The van der Waals surface area contributed by atoms with Gasteiger partial charge in [-0.05, 0) is 35.6 Å². The second-order valence-corrected chi connectivity index (χ2v) is 4.23. The highest BCUT2D eigenvalue weighted by molar-refractivity contribution is 5.47. The predicted octanol–water partition coefficient (Wildman–Crippen LogP) is 3.96. The first-order valence-corrected chi connectivity index (χ1v) is 5.82. The molecule has 1 aromatic rings. The van der Waals surface area contributed by atoms with Crippen LogP contribution in [0.3, 0.4) is 0 Å². The third kappa shape index (κ3) is 2.95. The Bertz CT molecular complexity index is 512. The summed E-state index contributed by atoms with van der Waals surface area (Å²) in [5.41, 5.74) is 4.41. The molecule has 0 spiro atoms. The van der Waals surface area contributed by atoms with E-state index in [-0.39, 0.29) is 0 Å². The number of hydrogen-bond acceptors (Lipinski definition) is 1. The number of nitriles is 1. The number of allylic oxidation sites excluding steroid dienone is 5. The number of rotatable bonds is 3. The monoisotopic (exact) mass is 221 g/mol. The highest BCUT2D eigenvalue weighted by Gasteiger charge is 2.08. The highest BCUT2D eigenvalue weighted by atomic mass is 14.3. The summed E-state index contributed by atoms with van der Waals surface area (Å²) in [6.07, 6.45) is 6.81. The minimum Gasteiger partial charge on any atom is -0.193 e. The molecule has 0 fully saturated rings. The summed E-state index contributed by atoms with van der Waals surface area (Å²) in [6, 6.07) is 12.6. The van der Waals surface area contributed by atoms with Gasteiger partial charge in [0.15, 0.2) is 0 Å². The second kappa shape index (κ2) is 5.32. The van der Waals surface area contributed by atoms with Crippen LogP contribution in [0.1, 0.15) is 18.4 Å². The average Bonchev–Trinajstić information content (AvgIpc) is 2.38. The fraction of sp³-hybridized carbons (Fsp3) is 0.188. The van der Waals surface area contributed by atoms with Gasteiger partial charge >= 0.3 is 0 Å². The Morgan fingerprint density at radius 2 is 1.94 bits per heavy atom. The van der Waals surface area contributed by atoms with E-state index < -0.39 is 0 Å². The van der Waals surface area contributed by atoms with E-state index in [1.807, 2.05) is 12.1 Å². The smallest absolute Gasteiger partial charge is 0.0950 e. The van der Waals surface area contributed by atoms with Gasteiger partial charge in [-0.2, -0.15) is 5.26 Å². The molecule has 1 heteroatoms. The van der Waals surface area contributed by atoms with E-state index in [9.17, 15) is 0 Å². The predicted molar refractivity (Wildman–Crippen MR) is 70.3 cm³/mol. The molecule has 0 saturated carbocycles. The largest absolute Gasteiger partial charge is 0.193 e. The van der Waals surface area contributed by atoms with Crippen LogP contribution in [-0.2, 0) is 6.42 Å². The van der Waals surface area contributed by atoms with Gasteiger partial charge in [0.05, 0.1) is 6.07 Å². The van der Waals surface area contributed by atoms with Crippen LogP contribution in [0.2, 0.25) is 0 Å². The molecule has 0 aliphatic heterocycles. The van der Waals surface area contributed by atoms with Gasteiger partial charge in [0.1, 0.15) is 0 Å². The van der Waals surface area contributed by atoms with E-state index in [4.69, 9.17) is 5.26 Å². The van der Waals surface area contributed by atoms with E-state index in [1.54, 1.807) is 0 Å². The van der Waals surface area contributed by atoms with Crippen molar-refractivity contribution in [3.8, 4) is 6.07 Å². The van der Waals surface area contributed by atoms with Gasteiger partial charge in [0.2, 0.25) is 0 Å². The summed E-state index contributed by atoms with van der Waals surface area (Å²) >= 11 is 0. The Balaban J connectivity index is 1.96. The molecule has 0 atom stereocenters. The van der Waals surface area contributed by atoms with Crippen LogP contribution in [0.5, 0.6) is 0 Å². The molecule has 0 bridgehead atoms. The van der Waals surface area contributed by atoms with Crippen molar-refractivity contribution in [1.29, 1.82) is 5.26 Å². The van der Waals surface area contributed by atoms with E-state index in [0.717, 1.165) is 30.4 Å². The Labute approximate surface area is 102 Å². The Kier molecular flexibility index (Phi) is 3.57. The van der Waals surface area contributed by atoms with Gasteiger partial charge in [-0.15, -0.1) is 0 Å². The molecule has 1 aromatic carbocycles. The minimum absolute atomic E-state index is 0.750. The van der Waals surface area contributed by atoms with Crippen molar-refractivity contribution in [3.63, 3.8) is 0 Å². The first kappa shape index (κ1) is 11.4. The van der Waals surface area contributed by atoms with Crippen molar-refractivity contribution in [3.05, 3.63) is 71.3 Å². The van der Waals surface area contributed by atoms with Crippen LogP contribution in [-0.4, -0.2) is 0 Å². The zero-order valence-corrected chi connectivity index (χ0v) is 9.82. The zero-order chi connectivity index (χ0) is 12.1. The molecule has 0 amide bonds. The van der Waals surface area contributed by atoms with Gasteiger partial charge in [0, 0.05) is 12.0 Å². The standard InChI is InChI=1S/C16H15N/c1-13-11-15(12-17)8-10-16(13)9-7-14-5-3-2-4-6-14/h2-6,10-11H,1,7-9H2. The van der Waals surface area contributed by atoms with Crippen LogP contribution in [0.15, 0.2) is 65.8 Å². The molecule has 0 aromatic heterocycles.